The van der Waals surface area contributed by atoms with Crippen molar-refractivity contribution >= 4 is 12.0 Å². The molecule has 0 aromatic heterocycles. The van der Waals surface area contributed by atoms with Crippen LogP contribution in [-0.4, -0.2) is 23.1 Å². The molecule has 0 radical (unpaired) electrons. The van der Waals surface area contributed by atoms with Crippen LogP contribution >= 0.6 is 0 Å². The Bertz CT molecular complexity index is 502. The second kappa shape index (κ2) is 6.41. The van der Waals surface area contributed by atoms with Crippen molar-refractivity contribution in [3.8, 4) is 0 Å². The van der Waals surface area contributed by atoms with E-state index >= 15 is 0 Å². The van der Waals surface area contributed by atoms with Crippen molar-refractivity contribution in [2.45, 2.75) is 38.8 Å². The summed E-state index contributed by atoms with van der Waals surface area (Å²) in [6.07, 6.45) is 3.22. The number of carbonyl (C=O) groups excluding carboxylic acids is 1. The molecule has 3 N–H and O–H groups in total. The van der Waals surface area contributed by atoms with E-state index in [1.165, 1.54) is 6.07 Å². The molecule has 1 saturated carbocycles. The van der Waals surface area contributed by atoms with Crippen LogP contribution in [0.4, 0.5) is 4.79 Å². The van der Waals surface area contributed by atoms with Crippen LogP contribution < -0.4 is 10.6 Å². The second-order valence-electron chi connectivity index (χ2n) is 5.45. The minimum Gasteiger partial charge on any atom is -0.478 e. The first-order valence-corrected chi connectivity index (χ1v) is 6.91. The van der Waals surface area contributed by atoms with Gasteiger partial charge in [0, 0.05) is 12.6 Å². The number of hydrogen-bond donors (Lipinski definition) is 3. The maximum atomic E-state index is 11.8. The van der Waals surface area contributed by atoms with E-state index in [9.17, 15) is 9.59 Å². The van der Waals surface area contributed by atoms with Gasteiger partial charge < -0.3 is 15.7 Å². The summed E-state index contributed by atoms with van der Waals surface area (Å²) in [6.45, 7) is 2.52. The molecule has 1 aromatic rings. The number of aromatic carboxylic acids is 1. The molecule has 0 saturated heterocycles. The highest BCUT2D eigenvalue weighted by atomic mass is 16.4. The van der Waals surface area contributed by atoms with Crippen LogP contribution in [-0.2, 0) is 6.54 Å². The van der Waals surface area contributed by atoms with Crippen LogP contribution in [0, 0.1) is 5.92 Å². The van der Waals surface area contributed by atoms with Gasteiger partial charge in [0.05, 0.1) is 5.56 Å². The van der Waals surface area contributed by atoms with Gasteiger partial charge in [0.1, 0.15) is 0 Å². The Balaban J connectivity index is 1.81. The van der Waals surface area contributed by atoms with Crippen LogP contribution in [0.15, 0.2) is 24.3 Å². The van der Waals surface area contributed by atoms with Crippen LogP contribution in [0.25, 0.3) is 0 Å². The lowest BCUT2D eigenvalue weighted by atomic mass is 10.1. The molecular formula is C15H20N2O3. The third-order valence-electron chi connectivity index (χ3n) is 3.66. The third kappa shape index (κ3) is 3.98. The highest BCUT2D eigenvalue weighted by Gasteiger charge is 2.22. The number of hydrogen-bond acceptors (Lipinski definition) is 2. The molecule has 1 aliphatic carbocycles. The quantitative estimate of drug-likeness (QED) is 0.790. The minimum atomic E-state index is -0.962. The molecule has 1 fully saturated rings. The standard InChI is InChI=1S/C15H20N2O3/c1-10-5-6-13(7-10)17-15(20)16-9-11-3-2-4-12(8-11)14(18)19/h2-4,8,10,13H,5-7,9H2,1H3,(H,18,19)(H2,16,17,20). The molecule has 108 valence electrons. The molecule has 5 nitrogen and oxygen atoms in total. The van der Waals surface area contributed by atoms with Gasteiger partial charge in [-0.05, 0) is 42.9 Å². The monoisotopic (exact) mass is 276 g/mol. The Morgan fingerprint density at radius 2 is 2.15 bits per heavy atom. The summed E-state index contributed by atoms with van der Waals surface area (Å²) < 4.78 is 0. The lowest BCUT2D eigenvalue weighted by Gasteiger charge is -2.13. The van der Waals surface area contributed by atoms with Gasteiger partial charge in [-0.1, -0.05) is 19.1 Å². The normalized spacial score (nSPS) is 21.4. The van der Waals surface area contributed by atoms with Gasteiger partial charge in [0.2, 0.25) is 0 Å². The molecule has 0 aliphatic heterocycles. The largest absolute Gasteiger partial charge is 0.478 e. The smallest absolute Gasteiger partial charge is 0.335 e. The van der Waals surface area contributed by atoms with E-state index in [0.29, 0.717) is 12.5 Å². The van der Waals surface area contributed by atoms with Gasteiger partial charge in [-0.2, -0.15) is 0 Å². The summed E-state index contributed by atoms with van der Waals surface area (Å²) in [5.74, 6) is -0.288. The van der Waals surface area contributed by atoms with Crippen LogP contribution in [0.5, 0.6) is 0 Å². The van der Waals surface area contributed by atoms with Crippen molar-refractivity contribution in [3.63, 3.8) is 0 Å². The number of nitrogens with one attached hydrogen (secondary N) is 2. The summed E-state index contributed by atoms with van der Waals surface area (Å²) in [5, 5.41) is 14.6. The molecule has 1 aliphatic rings. The van der Waals surface area contributed by atoms with Crippen molar-refractivity contribution in [2.24, 2.45) is 5.92 Å². The zero-order chi connectivity index (χ0) is 14.5. The molecule has 0 spiro atoms. The van der Waals surface area contributed by atoms with Crippen molar-refractivity contribution in [1.29, 1.82) is 0 Å². The summed E-state index contributed by atoms with van der Waals surface area (Å²) in [4.78, 5) is 22.6. The fraction of sp³-hybridized carbons (Fsp3) is 0.467. The van der Waals surface area contributed by atoms with Crippen molar-refractivity contribution < 1.29 is 14.7 Å². The second-order valence-corrected chi connectivity index (χ2v) is 5.45. The van der Waals surface area contributed by atoms with Gasteiger partial charge in [-0.3, -0.25) is 0 Å². The summed E-state index contributed by atoms with van der Waals surface area (Å²) in [6, 6.07) is 6.65. The van der Waals surface area contributed by atoms with E-state index in [-0.39, 0.29) is 17.6 Å². The molecule has 2 unspecified atom stereocenters. The average molecular weight is 276 g/mol. The number of carboxylic acids is 1. The first kappa shape index (κ1) is 14.4. The fourth-order valence-electron chi connectivity index (χ4n) is 2.57. The van der Waals surface area contributed by atoms with Gasteiger partial charge in [-0.25, -0.2) is 9.59 Å². The molecule has 0 bridgehead atoms. The van der Waals surface area contributed by atoms with E-state index in [4.69, 9.17) is 5.11 Å². The van der Waals surface area contributed by atoms with E-state index in [1.807, 2.05) is 0 Å². The lowest BCUT2D eigenvalue weighted by Crippen LogP contribution is -2.40. The Labute approximate surface area is 118 Å². The fourth-order valence-corrected chi connectivity index (χ4v) is 2.57. The lowest BCUT2D eigenvalue weighted by molar-refractivity contribution is 0.0696. The first-order valence-electron chi connectivity index (χ1n) is 6.91. The summed E-state index contributed by atoms with van der Waals surface area (Å²) >= 11 is 0. The van der Waals surface area contributed by atoms with Crippen LogP contribution in [0.2, 0.25) is 0 Å². The molecule has 2 rings (SSSR count). The summed E-state index contributed by atoms with van der Waals surface area (Å²) in [5.41, 5.74) is 1.01. The first-order chi connectivity index (χ1) is 9.54. The van der Waals surface area contributed by atoms with Gasteiger partial charge >= 0.3 is 12.0 Å². The zero-order valence-corrected chi connectivity index (χ0v) is 11.6. The molecule has 2 atom stereocenters. The Morgan fingerprint density at radius 1 is 1.35 bits per heavy atom. The highest BCUT2D eigenvalue weighted by Crippen LogP contribution is 2.24. The number of benzene rings is 1. The molecular weight excluding hydrogens is 256 g/mol. The van der Waals surface area contributed by atoms with Gasteiger partial charge in [-0.15, -0.1) is 0 Å². The number of rotatable bonds is 4. The third-order valence-corrected chi connectivity index (χ3v) is 3.66. The number of carbonyl (C=O) groups is 2. The van der Waals surface area contributed by atoms with Crippen molar-refractivity contribution in [2.75, 3.05) is 0 Å². The number of urea groups is 1. The predicted molar refractivity (Wildman–Crippen MR) is 75.6 cm³/mol. The molecule has 2 amide bonds. The average Bonchev–Trinajstić information content (AvgIpc) is 2.82. The van der Waals surface area contributed by atoms with Crippen molar-refractivity contribution in [3.05, 3.63) is 35.4 Å². The molecule has 20 heavy (non-hydrogen) atoms. The minimum absolute atomic E-state index is 0.190. The maximum Gasteiger partial charge on any atom is 0.335 e. The summed E-state index contributed by atoms with van der Waals surface area (Å²) in [7, 11) is 0. The van der Waals surface area contributed by atoms with Crippen LogP contribution in [0.3, 0.4) is 0 Å². The van der Waals surface area contributed by atoms with Gasteiger partial charge in [0.25, 0.3) is 0 Å². The molecule has 5 heteroatoms. The van der Waals surface area contributed by atoms with Crippen LogP contribution in [0.1, 0.15) is 42.1 Å². The Morgan fingerprint density at radius 3 is 2.80 bits per heavy atom. The predicted octanol–water partition coefficient (Wildman–Crippen LogP) is 2.37. The zero-order valence-electron chi connectivity index (χ0n) is 11.6. The van der Waals surface area contributed by atoms with E-state index in [0.717, 1.165) is 24.8 Å². The maximum absolute atomic E-state index is 11.8. The SMILES string of the molecule is CC1CCC(NC(=O)NCc2cccc(C(=O)O)c2)C1. The molecule has 1 aromatic carbocycles. The Hall–Kier alpha value is -2.04. The van der Waals surface area contributed by atoms with Crippen molar-refractivity contribution in [1.82, 2.24) is 10.6 Å². The van der Waals surface area contributed by atoms with E-state index in [2.05, 4.69) is 17.6 Å². The topological polar surface area (TPSA) is 78.4 Å². The number of amides is 2. The van der Waals surface area contributed by atoms with Gasteiger partial charge in [0.15, 0.2) is 0 Å². The molecule has 0 heterocycles. The Kier molecular flexibility index (Phi) is 4.61. The highest BCUT2D eigenvalue weighted by molar-refractivity contribution is 5.87. The van der Waals surface area contributed by atoms with E-state index in [1.54, 1.807) is 18.2 Å². The number of carboxylic acid groups (broad SMARTS) is 1. The van der Waals surface area contributed by atoms with E-state index < -0.39 is 5.97 Å².